The number of hydrogen-bond acceptors (Lipinski definition) is 6. The number of hydrogen-bond donors (Lipinski definition) is 3. The van der Waals surface area contributed by atoms with Crippen LogP contribution in [0.15, 0.2) is 51.9 Å². The van der Waals surface area contributed by atoms with Crippen molar-refractivity contribution in [2.75, 3.05) is 0 Å². The Morgan fingerprint density at radius 2 is 1.92 bits per heavy atom. The largest absolute Gasteiger partial charge is 0.508 e. The van der Waals surface area contributed by atoms with Gasteiger partial charge in [0.05, 0.1) is 5.56 Å². The van der Waals surface area contributed by atoms with Crippen molar-refractivity contribution in [2.24, 2.45) is 0 Å². The monoisotopic (exact) mass is 352 g/mol. The maximum Gasteiger partial charge on any atom is 0.204 e. The SMILES string of the molecule is C=C(C)[C@@H]1Cc2c(cc(O)c3c(=O)c(-c4ccc(O)cc4O)coc23)O1. The van der Waals surface area contributed by atoms with Crippen molar-refractivity contribution in [3.8, 4) is 34.1 Å². The highest BCUT2D eigenvalue weighted by atomic mass is 16.5. The minimum atomic E-state index is -0.480. The van der Waals surface area contributed by atoms with Gasteiger partial charge in [0.25, 0.3) is 0 Å². The van der Waals surface area contributed by atoms with Crippen LogP contribution >= 0.6 is 0 Å². The molecule has 0 radical (unpaired) electrons. The third-order valence-electron chi connectivity index (χ3n) is 4.57. The van der Waals surface area contributed by atoms with Crippen LogP contribution in [-0.4, -0.2) is 21.4 Å². The highest BCUT2D eigenvalue weighted by molar-refractivity contribution is 5.91. The van der Waals surface area contributed by atoms with Gasteiger partial charge >= 0.3 is 0 Å². The molecule has 3 aromatic rings. The van der Waals surface area contributed by atoms with Crippen molar-refractivity contribution in [2.45, 2.75) is 19.4 Å². The molecule has 1 aromatic heterocycles. The van der Waals surface area contributed by atoms with E-state index in [1.807, 2.05) is 6.92 Å². The Kier molecular flexibility index (Phi) is 3.44. The third-order valence-corrected chi connectivity index (χ3v) is 4.57. The van der Waals surface area contributed by atoms with Crippen molar-refractivity contribution < 1.29 is 24.5 Å². The molecule has 0 unspecified atom stereocenters. The Hall–Kier alpha value is -3.41. The molecule has 1 aliphatic heterocycles. The van der Waals surface area contributed by atoms with Gasteiger partial charge in [0.15, 0.2) is 0 Å². The number of fused-ring (bicyclic) bond motifs is 3. The molecule has 1 aliphatic rings. The summed E-state index contributed by atoms with van der Waals surface area (Å²) in [5, 5.41) is 29.8. The highest BCUT2D eigenvalue weighted by Gasteiger charge is 2.29. The number of aromatic hydroxyl groups is 3. The maximum absolute atomic E-state index is 13.0. The fraction of sp³-hybridized carbons (Fsp3) is 0.150. The molecule has 26 heavy (non-hydrogen) atoms. The van der Waals surface area contributed by atoms with E-state index in [0.29, 0.717) is 17.7 Å². The van der Waals surface area contributed by atoms with E-state index in [1.165, 1.54) is 24.5 Å². The zero-order chi connectivity index (χ0) is 18.6. The number of benzene rings is 2. The van der Waals surface area contributed by atoms with E-state index in [4.69, 9.17) is 9.15 Å². The maximum atomic E-state index is 13.0. The molecule has 6 heteroatoms. The van der Waals surface area contributed by atoms with E-state index >= 15 is 0 Å². The van der Waals surface area contributed by atoms with Crippen LogP contribution in [0.3, 0.4) is 0 Å². The second-order valence-electron chi connectivity index (χ2n) is 6.41. The lowest BCUT2D eigenvalue weighted by Gasteiger charge is -2.09. The normalized spacial score (nSPS) is 15.7. The first-order chi connectivity index (χ1) is 12.4. The molecular formula is C20H16O6. The zero-order valence-corrected chi connectivity index (χ0v) is 13.9. The van der Waals surface area contributed by atoms with Crippen molar-refractivity contribution in [3.63, 3.8) is 0 Å². The predicted molar refractivity (Wildman–Crippen MR) is 95.8 cm³/mol. The number of rotatable bonds is 2. The molecule has 4 rings (SSSR count). The van der Waals surface area contributed by atoms with Gasteiger partial charge in [-0.1, -0.05) is 6.58 Å². The molecule has 0 fully saturated rings. The van der Waals surface area contributed by atoms with Gasteiger partial charge in [-0.2, -0.15) is 0 Å². The van der Waals surface area contributed by atoms with Crippen LogP contribution in [0.4, 0.5) is 0 Å². The number of ether oxygens (including phenoxy) is 1. The first-order valence-electron chi connectivity index (χ1n) is 8.01. The summed E-state index contributed by atoms with van der Waals surface area (Å²) < 4.78 is 11.4. The summed E-state index contributed by atoms with van der Waals surface area (Å²) in [6, 6.07) is 5.30. The molecule has 132 valence electrons. The summed E-state index contributed by atoms with van der Waals surface area (Å²) >= 11 is 0. The lowest BCUT2D eigenvalue weighted by molar-refractivity contribution is 0.270. The lowest BCUT2D eigenvalue weighted by atomic mass is 10.00. The lowest BCUT2D eigenvalue weighted by Crippen LogP contribution is -2.13. The van der Waals surface area contributed by atoms with Crippen LogP contribution in [0.25, 0.3) is 22.1 Å². The smallest absolute Gasteiger partial charge is 0.204 e. The Morgan fingerprint density at radius 1 is 1.15 bits per heavy atom. The molecule has 0 amide bonds. The molecule has 2 aromatic carbocycles. The van der Waals surface area contributed by atoms with Crippen molar-refractivity contribution >= 4 is 11.0 Å². The van der Waals surface area contributed by atoms with Gasteiger partial charge < -0.3 is 24.5 Å². The van der Waals surface area contributed by atoms with Crippen molar-refractivity contribution in [3.05, 3.63) is 58.5 Å². The van der Waals surface area contributed by atoms with E-state index in [9.17, 15) is 20.1 Å². The Bertz CT molecular complexity index is 1130. The van der Waals surface area contributed by atoms with Gasteiger partial charge in [-0.3, -0.25) is 4.79 Å². The van der Waals surface area contributed by atoms with Gasteiger partial charge in [-0.05, 0) is 24.6 Å². The number of phenols is 3. The van der Waals surface area contributed by atoms with Crippen molar-refractivity contribution in [1.29, 1.82) is 0 Å². The molecule has 0 saturated heterocycles. The molecular weight excluding hydrogens is 336 g/mol. The van der Waals surface area contributed by atoms with Crippen molar-refractivity contribution in [1.82, 2.24) is 0 Å². The van der Waals surface area contributed by atoms with Gasteiger partial charge in [0.1, 0.15) is 46.3 Å². The summed E-state index contributed by atoms with van der Waals surface area (Å²) in [7, 11) is 0. The summed E-state index contributed by atoms with van der Waals surface area (Å²) in [6.45, 7) is 5.73. The first kappa shape index (κ1) is 16.1. The fourth-order valence-corrected chi connectivity index (χ4v) is 3.21. The molecule has 3 N–H and O–H groups in total. The Morgan fingerprint density at radius 3 is 2.62 bits per heavy atom. The average molecular weight is 352 g/mol. The van der Waals surface area contributed by atoms with Gasteiger partial charge in [0.2, 0.25) is 5.43 Å². The van der Waals surface area contributed by atoms with Crippen LogP contribution in [-0.2, 0) is 6.42 Å². The van der Waals surface area contributed by atoms with E-state index < -0.39 is 5.43 Å². The molecule has 6 nitrogen and oxygen atoms in total. The summed E-state index contributed by atoms with van der Waals surface area (Å²) in [5.74, 6) is -0.176. The minimum absolute atomic E-state index is 0.0275. The van der Waals surface area contributed by atoms with E-state index in [2.05, 4.69) is 6.58 Å². The number of phenolic OH excluding ortho intramolecular Hbond substituents is 3. The predicted octanol–water partition coefficient (Wildman–Crippen LogP) is 3.46. The summed E-state index contributed by atoms with van der Waals surface area (Å²) in [5.41, 5.74) is 1.60. The first-order valence-corrected chi connectivity index (χ1v) is 8.01. The van der Waals surface area contributed by atoms with E-state index in [-0.39, 0.29) is 45.4 Å². The van der Waals surface area contributed by atoms with E-state index in [0.717, 1.165) is 11.6 Å². The third kappa shape index (κ3) is 2.30. The van der Waals surface area contributed by atoms with Crippen LogP contribution in [0.2, 0.25) is 0 Å². The van der Waals surface area contributed by atoms with Gasteiger partial charge in [-0.15, -0.1) is 0 Å². The standard InChI is InChI=1S/C20H16O6/c1-9(2)16-6-12-17(26-16)7-15(23)18-19(24)13(8-25-20(12)18)11-4-3-10(21)5-14(11)22/h3-5,7-8,16,21-23H,1,6H2,2H3/t16-/m0/s1. The fourth-order valence-electron chi connectivity index (χ4n) is 3.21. The Balaban J connectivity index is 1.96. The second kappa shape index (κ2) is 5.56. The van der Waals surface area contributed by atoms with Gasteiger partial charge in [-0.25, -0.2) is 0 Å². The Labute approximate surface area is 148 Å². The molecule has 0 bridgehead atoms. The molecule has 0 aliphatic carbocycles. The molecule has 0 saturated carbocycles. The quantitative estimate of drug-likeness (QED) is 0.611. The zero-order valence-electron chi connectivity index (χ0n) is 13.9. The molecule has 0 spiro atoms. The van der Waals surface area contributed by atoms with Crippen LogP contribution < -0.4 is 10.2 Å². The minimum Gasteiger partial charge on any atom is -0.508 e. The molecule has 2 heterocycles. The van der Waals surface area contributed by atoms with E-state index in [1.54, 1.807) is 0 Å². The summed E-state index contributed by atoms with van der Waals surface area (Å²) in [4.78, 5) is 13.0. The summed E-state index contributed by atoms with van der Waals surface area (Å²) in [6.07, 6.45) is 1.50. The highest BCUT2D eigenvalue weighted by Crippen LogP contribution is 2.41. The van der Waals surface area contributed by atoms with Crippen LogP contribution in [0, 0.1) is 0 Å². The second-order valence-corrected chi connectivity index (χ2v) is 6.41. The van der Waals surface area contributed by atoms with Gasteiger partial charge in [0, 0.05) is 29.7 Å². The van der Waals surface area contributed by atoms with Crippen LogP contribution in [0.1, 0.15) is 12.5 Å². The van der Waals surface area contributed by atoms with Crippen LogP contribution in [0.5, 0.6) is 23.0 Å². The topological polar surface area (TPSA) is 100 Å². The average Bonchev–Trinajstić information content (AvgIpc) is 3.00. The molecule has 1 atom stereocenters.